The van der Waals surface area contributed by atoms with E-state index in [1.54, 1.807) is 12.4 Å². The van der Waals surface area contributed by atoms with Gasteiger partial charge in [0.25, 0.3) is 0 Å². The number of hydrogen-bond donors (Lipinski definition) is 1. The summed E-state index contributed by atoms with van der Waals surface area (Å²) < 4.78 is 11.6. The molecule has 8 nitrogen and oxygen atoms in total. The summed E-state index contributed by atoms with van der Waals surface area (Å²) in [7, 11) is 0. The quantitative estimate of drug-likeness (QED) is 0.568. The van der Waals surface area contributed by atoms with Gasteiger partial charge in [-0.2, -0.15) is 0 Å². The van der Waals surface area contributed by atoms with Crippen molar-refractivity contribution in [1.82, 2.24) is 20.2 Å². The highest BCUT2D eigenvalue weighted by Gasteiger charge is 2.32. The summed E-state index contributed by atoms with van der Waals surface area (Å²) in [5, 5.41) is 3.05. The van der Waals surface area contributed by atoms with Crippen LogP contribution in [-0.2, 0) is 16.1 Å². The maximum absolute atomic E-state index is 12.4. The SMILES string of the molecule is CC1(C)C[C@@H](C(=O)NCCCOc2ccc(CN3CCN(c4ncccn4)CC3)cc2)CCO1. The zero-order valence-electron chi connectivity index (χ0n) is 20.4. The molecular weight excluding hydrogens is 430 g/mol. The van der Waals surface area contributed by atoms with Crippen molar-refractivity contribution in [2.75, 3.05) is 50.8 Å². The molecule has 1 atom stereocenters. The molecule has 0 radical (unpaired) electrons. The summed E-state index contributed by atoms with van der Waals surface area (Å²) in [5.74, 6) is 1.87. The Balaban J connectivity index is 1.11. The Morgan fingerprint density at radius 1 is 1.15 bits per heavy atom. The minimum atomic E-state index is -0.207. The summed E-state index contributed by atoms with van der Waals surface area (Å²) in [6.45, 7) is 10.8. The van der Waals surface area contributed by atoms with Crippen LogP contribution in [0.25, 0.3) is 0 Å². The molecule has 0 saturated carbocycles. The number of rotatable bonds is 9. The van der Waals surface area contributed by atoms with Crippen LogP contribution in [0.15, 0.2) is 42.7 Å². The van der Waals surface area contributed by atoms with E-state index in [1.165, 1.54) is 5.56 Å². The maximum atomic E-state index is 12.4. The summed E-state index contributed by atoms with van der Waals surface area (Å²) in [6.07, 6.45) is 5.95. The first-order chi connectivity index (χ1) is 16.5. The van der Waals surface area contributed by atoms with Crippen LogP contribution in [0.3, 0.4) is 0 Å². The second kappa shape index (κ2) is 11.6. The molecule has 0 unspecified atom stereocenters. The average molecular weight is 468 g/mol. The molecule has 3 heterocycles. The molecule has 8 heteroatoms. The van der Waals surface area contributed by atoms with Gasteiger partial charge in [-0.1, -0.05) is 12.1 Å². The van der Waals surface area contributed by atoms with Gasteiger partial charge < -0.3 is 19.7 Å². The van der Waals surface area contributed by atoms with Crippen LogP contribution >= 0.6 is 0 Å². The number of nitrogens with one attached hydrogen (secondary N) is 1. The number of anilines is 1. The first-order valence-electron chi connectivity index (χ1n) is 12.4. The van der Waals surface area contributed by atoms with Crippen molar-refractivity contribution in [3.63, 3.8) is 0 Å². The normalized spacial score (nSPS) is 20.6. The molecule has 1 aromatic heterocycles. The van der Waals surface area contributed by atoms with E-state index in [0.717, 1.165) is 63.7 Å². The molecule has 0 bridgehead atoms. The van der Waals surface area contributed by atoms with Crippen molar-refractivity contribution in [1.29, 1.82) is 0 Å². The number of carbonyl (C=O) groups is 1. The van der Waals surface area contributed by atoms with E-state index in [2.05, 4.69) is 37.2 Å². The van der Waals surface area contributed by atoms with Crippen LogP contribution in [0, 0.1) is 5.92 Å². The van der Waals surface area contributed by atoms with Crippen LogP contribution in [0.2, 0.25) is 0 Å². The third-order valence-corrected chi connectivity index (χ3v) is 6.49. The number of piperazine rings is 1. The number of aromatic nitrogens is 2. The topological polar surface area (TPSA) is 79.8 Å². The van der Waals surface area contributed by atoms with Gasteiger partial charge in [0.05, 0.1) is 12.2 Å². The standard InChI is InChI=1S/C26H37N5O3/c1-26(2)19-22(9-18-34-26)24(32)27-12-4-17-33-23-7-5-21(6-8-23)20-30-13-15-31(16-14-30)25-28-10-3-11-29-25/h3,5-8,10-11,22H,4,9,12-20H2,1-2H3,(H,27,32)/t22-/m0/s1. The molecule has 0 aliphatic carbocycles. The molecule has 2 aliphatic heterocycles. The Bertz CT molecular complexity index is 898. The third-order valence-electron chi connectivity index (χ3n) is 6.49. The summed E-state index contributed by atoms with van der Waals surface area (Å²) in [6, 6.07) is 10.2. The summed E-state index contributed by atoms with van der Waals surface area (Å²) in [5.41, 5.74) is 1.07. The molecule has 184 valence electrons. The van der Waals surface area contributed by atoms with E-state index in [-0.39, 0.29) is 17.4 Å². The highest BCUT2D eigenvalue weighted by molar-refractivity contribution is 5.78. The Morgan fingerprint density at radius 3 is 2.59 bits per heavy atom. The van der Waals surface area contributed by atoms with Gasteiger partial charge in [-0.15, -0.1) is 0 Å². The molecule has 1 N–H and O–H groups in total. The molecule has 2 saturated heterocycles. The van der Waals surface area contributed by atoms with Crippen molar-refractivity contribution in [3.05, 3.63) is 48.3 Å². The fourth-order valence-corrected chi connectivity index (χ4v) is 4.58. The fourth-order valence-electron chi connectivity index (χ4n) is 4.58. The predicted molar refractivity (Wildman–Crippen MR) is 132 cm³/mol. The van der Waals surface area contributed by atoms with Gasteiger partial charge in [0, 0.05) is 64.2 Å². The van der Waals surface area contributed by atoms with Gasteiger partial charge >= 0.3 is 0 Å². The van der Waals surface area contributed by atoms with Gasteiger partial charge in [-0.25, -0.2) is 9.97 Å². The number of amides is 1. The van der Waals surface area contributed by atoms with Gasteiger partial charge in [-0.05, 0) is 56.9 Å². The zero-order chi connectivity index (χ0) is 23.8. The number of nitrogens with zero attached hydrogens (tertiary/aromatic N) is 4. The van der Waals surface area contributed by atoms with Gasteiger partial charge in [0.1, 0.15) is 5.75 Å². The molecule has 2 fully saturated rings. The minimum absolute atomic E-state index is 0.0480. The highest BCUT2D eigenvalue weighted by atomic mass is 16.5. The van der Waals surface area contributed by atoms with Crippen LogP contribution in [0.4, 0.5) is 5.95 Å². The van der Waals surface area contributed by atoms with Gasteiger partial charge in [-0.3, -0.25) is 9.69 Å². The van der Waals surface area contributed by atoms with Gasteiger partial charge in [0.15, 0.2) is 0 Å². The average Bonchev–Trinajstić information content (AvgIpc) is 2.85. The van der Waals surface area contributed by atoms with E-state index in [4.69, 9.17) is 9.47 Å². The minimum Gasteiger partial charge on any atom is -0.494 e. The van der Waals surface area contributed by atoms with E-state index < -0.39 is 0 Å². The summed E-state index contributed by atoms with van der Waals surface area (Å²) in [4.78, 5) is 25.8. The smallest absolute Gasteiger partial charge is 0.225 e. The van der Waals surface area contributed by atoms with Crippen LogP contribution in [-0.4, -0.2) is 72.3 Å². The Kier molecular flexibility index (Phi) is 8.34. The van der Waals surface area contributed by atoms with Crippen molar-refractivity contribution in [3.8, 4) is 5.75 Å². The van der Waals surface area contributed by atoms with Gasteiger partial charge in [0.2, 0.25) is 11.9 Å². The molecule has 2 aliphatic rings. The number of carbonyl (C=O) groups excluding carboxylic acids is 1. The molecule has 2 aromatic rings. The number of hydrogen-bond acceptors (Lipinski definition) is 7. The lowest BCUT2D eigenvalue weighted by Gasteiger charge is -2.34. The van der Waals surface area contributed by atoms with Crippen molar-refractivity contribution >= 4 is 11.9 Å². The first-order valence-corrected chi connectivity index (χ1v) is 12.4. The van der Waals surface area contributed by atoms with Crippen LogP contribution in [0.1, 0.15) is 38.7 Å². The van der Waals surface area contributed by atoms with Crippen LogP contribution < -0.4 is 15.0 Å². The molecule has 0 spiro atoms. The summed E-state index contributed by atoms with van der Waals surface area (Å²) >= 11 is 0. The van der Waals surface area contributed by atoms with Crippen LogP contribution in [0.5, 0.6) is 5.75 Å². The molecular formula is C26H37N5O3. The number of ether oxygens (including phenoxy) is 2. The van der Waals surface area contributed by atoms with Crippen molar-refractivity contribution in [2.45, 2.75) is 45.3 Å². The lowest BCUT2D eigenvalue weighted by molar-refractivity contribution is -0.135. The molecule has 4 rings (SSSR count). The Hall–Kier alpha value is -2.71. The van der Waals surface area contributed by atoms with E-state index in [9.17, 15) is 4.79 Å². The van der Waals surface area contributed by atoms with Crippen molar-refractivity contribution < 1.29 is 14.3 Å². The third kappa shape index (κ3) is 7.14. The lowest BCUT2D eigenvalue weighted by Crippen LogP contribution is -2.46. The molecule has 1 aromatic carbocycles. The Labute approximate surface area is 202 Å². The second-order valence-electron chi connectivity index (χ2n) is 9.75. The molecule has 1 amide bonds. The highest BCUT2D eigenvalue weighted by Crippen LogP contribution is 2.28. The predicted octanol–water partition coefficient (Wildman–Crippen LogP) is 2.89. The monoisotopic (exact) mass is 467 g/mol. The maximum Gasteiger partial charge on any atom is 0.225 e. The second-order valence-corrected chi connectivity index (χ2v) is 9.75. The largest absolute Gasteiger partial charge is 0.494 e. The van der Waals surface area contributed by atoms with E-state index >= 15 is 0 Å². The van der Waals surface area contributed by atoms with Crippen molar-refractivity contribution in [2.24, 2.45) is 5.92 Å². The number of benzene rings is 1. The lowest BCUT2D eigenvalue weighted by atomic mass is 9.88. The van der Waals surface area contributed by atoms with E-state index in [0.29, 0.717) is 19.8 Å². The van der Waals surface area contributed by atoms with E-state index in [1.807, 2.05) is 32.0 Å². The first kappa shape index (κ1) is 24.4. The zero-order valence-corrected chi connectivity index (χ0v) is 20.4. The Morgan fingerprint density at radius 2 is 1.88 bits per heavy atom. The molecule has 34 heavy (non-hydrogen) atoms. The fraction of sp³-hybridized carbons (Fsp3) is 0.577.